The fraction of sp³-hybridized carbons (Fsp3) is 0. The van der Waals surface area contributed by atoms with E-state index in [1.807, 2.05) is 0 Å². The van der Waals surface area contributed by atoms with Crippen molar-refractivity contribution in [3.63, 3.8) is 0 Å². The molecular formula is H4NO4Si. The van der Waals surface area contributed by atoms with Gasteiger partial charge in [0.2, 0.25) is 0 Å². The molecule has 0 aliphatic rings. The first-order valence-corrected chi connectivity index (χ1v) is 2.68. The van der Waals surface area contributed by atoms with Crippen molar-refractivity contribution in [3.05, 3.63) is 0 Å². The maximum Gasteiger partial charge on any atom is 0.668 e. The van der Waals surface area contributed by atoms with Gasteiger partial charge < -0.3 is 19.2 Å². The number of nitrogens with zero attached hydrogens (tertiary/aromatic N) is 1. The Labute approximate surface area is 35.6 Å². The highest BCUT2D eigenvalue weighted by Gasteiger charge is 2.22. The highest BCUT2D eigenvalue weighted by molar-refractivity contribution is 6.46. The van der Waals surface area contributed by atoms with Crippen LogP contribution in [-0.2, 0) is 0 Å². The summed E-state index contributed by atoms with van der Waals surface area (Å²) in [5, 5.41) is 0. The fourth-order valence-electron chi connectivity index (χ4n) is 0. The molecule has 0 aromatic rings. The van der Waals surface area contributed by atoms with Gasteiger partial charge in [-0.05, 0) is 0 Å². The van der Waals surface area contributed by atoms with E-state index < -0.39 is 9.05 Å². The first-order valence-electron chi connectivity index (χ1n) is 0.894. The molecule has 0 unspecified atom stereocenters. The van der Waals surface area contributed by atoms with Crippen LogP contribution in [0.5, 0.6) is 0 Å². The predicted octanol–water partition coefficient (Wildman–Crippen LogP) is -3.09. The van der Waals surface area contributed by atoms with Crippen LogP contribution in [0.1, 0.15) is 0 Å². The van der Waals surface area contributed by atoms with Gasteiger partial charge in [0.25, 0.3) is 0 Å². The maximum atomic E-state index is 7.33. The second-order valence-corrected chi connectivity index (χ2v) is 1.80. The molecule has 6 heavy (non-hydrogen) atoms. The molecular weight excluding hydrogens is 106 g/mol. The lowest BCUT2D eigenvalue weighted by Gasteiger charge is -1.91. The zero-order valence-electron chi connectivity index (χ0n) is 2.74. The summed E-state index contributed by atoms with van der Waals surface area (Å²) < 4.78 is 0. The normalized spacial score (nSPS) is 10.0. The third-order valence-electron chi connectivity index (χ3n) is 0. The third-order valence-corrected chi connectivity index (χ3v) is 0. The summed E-state index contributed by atoms with van der Waals surface area (Å²) in [6, 6.07) is 0. The summed E-state index contributed by atoms with van der Waals surface area (Å²) in [6.07, 6.45) is 0. The van der Waals surface area contributed by atoms with E-state index >= 15 is 0 Å². The van der Waals surface area contributed by atoms with E-state index in [0.29, 0.717) is 0 Å². The lowest BCUT2D eigenvalue weighted by atomic mass is 14.0. The van der Waals surface area contributed by atoms with Gasteiger partial charge in [0, 0.05) is 6.15 Å². The molecule has 0 aromatic heterocycles. The zero-order valence-corrected chi connectivity index (χ0v) is 3.74. The average molecular weight is 110 g/mol. The summed E-state index contributed by atoms with van der Waals surface area (Å²) >= 11 is 0. The van der Waals surface area contributed by atoms with Gasteiger partial charge >= 0.3 is 9.05 Å². The summed E-state index contributed by atoms with van der Waals surface area (Å²) in [5.74, 6) is 0. The fourth-order valence-corrected chi connectivity index (χ4v) is 0. The molecule has 5 nitrogen and oxygen atoms in total. The lowest BCUT2D eigenvalue weighted by Crippen LogP contribution is -2.33. The Kier molecular flexibility index (Phi) is 3.50. The molecule has 0 bridgehead atoms. The van der Waals surface area contributed by atoms with Crippen molar-refractivity contribution in [1.29, 1.82) is 0 Å². The minimum absolute atomic E-state index is 0. The summed E-state index contributed by atoms with van der Waals surface area (Å²) in [7, 11) is -4.61. The Hall–Kier alpha value is 0.0169. The number of hydrogen-bond donors (Lipinski definition) is 4. The van der Waals surface area contributed by atoms with E-state index in [9.17, 15) is 0 Å². The average Bonchev–Trinajstić information content (AvgIpc) is 0.722. The topological polar surface area (TPSA) is 111 Å². The van der Waals surface area contributed by atoms with Crippen molar-refractivity contribution in [1.82, 2.24) is 6.15 Å². The van der Waals surface area contributed by atoms with Crippen LogP contribution < -0.4 is 6.15 Å². The van der Waals surface area contributed by atoms with E-state index in [1.54, 1.807) is 0 Å². The molecule has 37 valence electrons. The van der Waals surface area contributed by atoms with Crippen LogP contribution in [0.25, 0.3) is 0 Å². The third kappa shape index (κ3) is 128000. The summed E-state index contributed by atoms with van der Waals surface area (Å²) in [5.41, 5.74) is 0. The van der Waals surface area contributed by atoms with Crippen LogP contribution in [0.2, 0.25) is 0 Å². The highest BCUT2D eigenvalue weighted by Crippen LogP contribution is 1.67. The molecule has 0 spiro atoms. The van der Waals surface area contributed by atoms with Crippen molar-refractivity contribution < 1.29 is 19.2 Å². The monoisotopic (exact) mass is 110 g/mol. The van der Waals surface area contributed by atoms with Crippen LogP contribution in [0.4, 0.5) is 0 Å². The SMILES string of the molecule is O[Si](O)(O)O.[N]. The van der Waals surface area contributed by atoms with Gasteiger partial charge in [-0.15, -0.1) is 0 Å². The van der Waals surface area contributed by atoms with Gasteiger partial charge in [0.1, 0.15) is 0 Å². The van der Waals surface area contributed by atoms with Gasteiger partial charge in [-0.25, -0.2) is 0 Å². The molecule has 6 heteroatoms. The molecule has 0 heterocycles. The second kappa shape index (κ2) is 2.24. The smallest absolute Gasteiger partial charge is 0.368 e. The lowest BCUT2D eigenvalue weighted by molar-refractivity contribution is 0.117. The van der Waals surface area contributed by atoms with Crippen molar-refractivity contribution in [2.75, 3.05) is 0 Å². The molecule has 0 saturated carbocycles. The van der Waals surface area contributed by atoms with Crippen molar-refractivity contribution in [3.8, 4) is 0 Å². The minimum atomic E-state index is -4.61. The molecule has 0 fully saturated rings. The van der Waals surface area contributed by atoms with Gasteiger partial charge in [-0.1, -0.05) is 0 Å². The van der Waals surface area contributed by atoms with E-state index in [-0.39, 0.29) is 6.15 Å². The van der Waals surface area contributed by atoms with E-state index in [1.165, 1.54) is 0 Å². The van der Waals surface area contributed by atoms with Gasteiger partial charge in [0.05, 0.1) is 0 Å². The van der Waals surface area contributed by atoms with E-state index in [2.05, 4.69) is 0 Å². The van der Waals surface area contributed by atoms with Crippen LogP contribution in [0.3, 0.4) is 0 Å². The number of rotatable bonds is 0. The summed E-state index contributed by atoms with van der Waals surface area (Å²) in [6.45, 7) is 0. The molecule has 3 radical (unpaired) electrons. The summed E-state index contributed by atoms with van der Waals surface area (Å²) in [4.78, 5) is 29.3. The minimum Gasteiger partial charge on any atom is -0.368 e. The zero-order chi connectivity index (χ0) is 4.50. The Bertz CT molecular complexity index is 23.0. The van der Waals surface area contributed by atoms with Gasteiger partial charge in [-0.2, -0.15) is 0 Å². The largest absolute Gasteiger partial charge is 0.668 e. The molecule has 0 rings (SSSR count). The molecule has 0 aliphatic carbocycles. The van der Waals surface area contributed by atoms with Gasteiger partial charge in [0.15, 0.2) is 0 Å². The van der Waals surface area contributed by atoms with Crippen LogP contribution in [0, 0.1) is 0 Å². The Morgan fingerprint density at radius 1 is 0.833 bits per heavy atom. The van der Waals surface area contributed by atoms with E-state index in [0.717, 1.165) is 0 Å². The van der Waals surface area contributed by atoms with Crippen LogP contribution in [-0.4, -0.2) is 28.2 Å². The first-order chi connectivity index (χ1) is 2.00. The quantitative estimate of drug-likeness (QED) is 0.247. The Morgan fingerprint density at radius 2 is 0.833 bits per heavy atom. The molecule has 0 atom stereocenters. The number of hydrogen-bond acceptors (Lipinski definition) is 4. The maximum absolute atomic E-state index is 7.33. The van der Waals surface area contributed by atoms with E-state index in [4.69, 9.17) is 19.2 Å². The highest BCUT2D eigenvalue weighted by atomic mass is 28.4. The second-order valence-electron chi connectivity index (χ2n) is 0.600. The van der Waals surface area contributed by atoms with Gasteiger partial charge in [-0.3, -0.25) is 0 Å². The molecule has 0 aromatic carbocycles. The first kappa shape index (κ1) is 9.39. The van der Waals surface area contributed by atoms with Crippen molar-refractivity contribution >= 4 is 9.05 Å². The van der Waals surface area contributed by atoms with Crippen molar-refractivity contribution in [2.45, 2.75) is 0 Å². The molecule has 4 N–H and O–H groups in total. The van der Waals surface area contributed by atoms with Crippen LogP contribution >= 0.6 is 0 Å². The van der Waals surface area contributed by atoms with Crippen molar-refractivity contribution in [2.24, 2.45) is 0 Å². The Morgan fingerprint density at radius 3 is 0.833 bits per heavy atom. The predicted molar refractivity (Wildman–Crippen MR) is 16.8 cm³/mol. The standard InChI is InChI=1S/N.H4O4Si/c;1-5(2,3)4/h;1-4H. The Balaban J connectivity index is 0. The molecule has 0 aliphatic heterocycles. The van der Waals surface area contributed by atoms with Crippen LogP contribution in [0.15, 0.2) is 0 Å². The molecule has 0 amide bonds. The molecule has 0 saturated heterocycles.